The predicted molar refractivity (Wildman–Crippen MR) is 171 cm³/mol. The number of nitrogens with two attached hydrogens (primary N) is 1. The van der Waals surface area contributed by atoms with Gasteiger partial charge in [0.05, 0.1) is 17.8 Å². The average Bonchev–Trinajstić information content (AvgIpc) is 3.26. The van der Waals surface area contributed by atoms with E-state index in [1.807, 2.05) is 13.8 Å². The Morgan fingerprint density at radius 3 is 2.42 bits per heavy atom. The highest BCUT2D eigenvalue weighted by Crippen LogP contribution is 2.68. The van der Waals surface area contributed by atoms with Crippen LogP contribution in [0.15, 0.2) is 0 Å². The lowest BCUT2D eigenvalue weighted by Gasteiger charge is -2.65. The van der Waals surface area contributed by atoms with Gasteiger partial charge in [0.15, 0.2) is 0 Å². The molecule has 4 saturated carbocycles. The molecule has 4 rings (SSSR count). The Bertz CT molecular complexity index is 999. The molecule has 7 N–H and O–H groups in total. The number of unbranched alkanes of at least 4 members (excludes halogenated alkanes) is 1. The average molecular weight is 630 g/mol. The largest absolute Gasteiger partial charge is 0.397 e. The molecule has 0 heterocycles. The summed E-state index contributed by atoms with van der Waals surface area (Å²) in [7, 11) is -4.46. The molecule has 43 heavy (non-hydrogen) atoms. The molecule has 4 aliphatic carbocycles. The molecule has 0 saturated heterocycles. The van der Waals surface area contributed by atoms with Crippen LogP contribution in [0.4, 0.5) is 0 Å². The Labute approximate surface area is 261 Å². The molecule has 0 aromatic heterocycles. The van der Waals surface area contributed by atoms with Gasteiger partial charge in [0.25, 0.3) is 0 Å². The van der Waals surface area contributed by atoms with Gasteiger partial charge in [-0.3, -0.25) is 4.55 Å². The molecule has 10 heteroatoms. The van der Waals surface area contributed by atoms with Crippen molar-refractivity contribution in [3.05, 3.63) is 0 Å². The van der Waals surface area contributed by atoms with E-state index >= 15 is 0 Å². The van der Waals surface area contributed by atoms with Crippen molar-refractivity contribution in [1.29, 1.82) is 0 Å². The van der Waals surface area contributed by atoms with Crippen molar-refractivity contribution in [3.63, 3.8) is 0 Å². The topological polar surface area (TPSA) is 154 Å². The number of nitrogens with one attached hydrogen (secondary N) is 2. The fraction of sp³-hybridized carbons (Fsp3) is 1.00. The molecule has 0 radical (unpaired) electrons. The highest BCUT2D eigenvalue weighted by Gasteiger charge is 2.67. The predicted octanol–water partition coefficient (Wildman–Crippen LogP) is 4.42. The summed E-state index contributed by atoms with van der Waals surface area (Å²) in [5, 5.41) is 31.0. The second-order valence-electron chi connectivity index (χ2n) is 15.5. The van der Waals surface area contributed by atoms with E-state index in [4.69, 9.17) is 9.92 Å². The normalized spacial score (nSPS) is 40.2. The van der Waals surface area contributed by atoms with E-state index in [1.54, 1.807) is 0 Å². The van der Waals surface area contributed by atoms with Gasteiger partial charge in [0, 0.05) is 11.5 Å². The lowest BCUT2D eigenvalue weighted by Crippen LogP contribution is -2.69. The smallest absolute Gasteiger partial charge is 0.390 e. The highest BCUT2D eigenvalue weighted by molar-refractivity contribution is 7.80. The quantitative estimate of drug-likeness (QED) is 0.108. The third-order valence-corrected chi connectivity index (χ3v) is 13.3. The van der Waals surface area contributed by atoms with Crippen LogP contribution in [0.3, 0.4) is 0 Å². The number of aliphatic hydroxyl groups is 2. The molecule has 0 amide bonds. The summed E-state index contributed by atoms with van der Waals surface area (Å²) in [5.74, 6) is 2.00. The molecule has 10 atom stereocenters. The molecular weight excluding hydrogens is 566 g/mol. The summed E-state index contributed by atoms with van der Waals surface area (Å²) in [5.41, 5.74) is 4.46. The molecule has 0 aliphatic heterocycles. The first-order chi connectivity index (χ1) is 20.2. The van der Waals surface area contributed by atoms with Gasteiger partial charge >= 0.3 is 10.4 Å². The van der Waals surface area contributed by atoms with Crippen LogP contribution in [0.5, 0.6) is 0 Å². The molecule has 8 unspecified atom stereocenters. The zero-order chi connectivity index (χ0) is 31.5. The third-order valence-electron chi connectivity index (χ3n) is 12.9. The summed E-state index contributed by atoms with van der Waals surface area (Å²) in [4.78, 5) is 0. The summed E-state index contributed by atoms with van der Waals surface area (Å²) < 4.78 is 36.8. The van der Waals surface area contributed by atoms with Gasteiger partial charge in [-0.1, -0.05) is 34.1 Å². The van der Waals surface area contributed by atoms with Crippen LogP contribution in [0.1, 0.15) is 118 Å². The summed E-state index contributed by atoms with van der Waals surface area (Å²) >= 11 is 0. The minimum Gasteiger partial charge on any atom is -0.390 e. The van der Waals surface area contributed by atoms with E-state index in [2.05, 4.69) is 24.5 Å². The molecular formula is C33H63N3O6S. The van der Waals surface area contributed by atoms with Gasteiger partial charge in [-0.15, -0.1) is 0 Å². The van der Waals surface area contributed by atoms with Gasteiger partial charge in [0.2, 0.25) is 0 Å². The van der Waals surface area contributed by atoms with Crippen molar-refractivity contribution in [2.45, 2.75) is 141 Å². The SMILES string of the molecule is CC(C)C(CCCC1CCC2C3C[C@H](O)[C@@]4(O)CC(NCCCNCCCCN)CCC4(C)C3CCC12C)OS(=O)(=O)O. The van der Waals surface area contributed by atoms with Crippen molar-refractivity contribution in [1.82, 2.24) is 10.6 Å². The molecule has 4 fully saturated rings. The second kappa shape index (κ2) is 14.6. The van der Waals surface area contributed by atoms with Crippen LogP contribution in [-0.4, -0.2) is 73.2 Å². The lowest BCUT2D eigenvalue weighted by molar-refractivity contribution is -0.256. The Morgan fingerprint density at radius 1 is 0.977 bits per heavy atom. The van der Waals surface area contributed by atoms with E-state index in [1.165, 1.54) is 12.8 Å². The molecule has 0 aromatic carbocycles. The first-order valence-corrected chi connectivity index (χ1v) is 18.8. The van der Waals surface area contributed by atoms with Crippen molar-refractivity contribution >= 4 is 10.4 Å². The molecule has 252 valence electrons. The maximum atomic E-state index is 12.2. The molecule has 0 spiro atoms. The molecule has 0 aromatic rings. The number of fused-ring (bicyclic) bond motifs is 5. The first kappa shape index (κ1) is 35.5. The minimum atomic E-state index is -4.46. The molecule has 9 nitrogen and oxygen atoms in total. The van der Waals surface area contributed by atoms with E-state index in [9.17, 15) is 23.2 Å². The number of hydrogen-bond donors (Lipinski definition) is 6. The highest BCUT2D eigenvalue weighted by atomic mass is 32.3. The number of hydrogen-bond acceptors (Lipinski definition) is 8. The Morgan fingerprint density at radius 2 is 1.72 bits per heavy atom. The lowest BCUT2D eigenvalue weighted by atomic mass is 9.42. The van der Waals surface area contributed by atoms with Crippen LogP contribution in [0.25, 0.3) is 0 Å². The van der Waals surface area contributed by atoms with Crippen LogP contribution in [0, 0.1) is 40.4 Å². The maximum Gasteiger partial charge on any atom is 0.397 e. The molecule has 0 bridgehead atoms. The Kier molecular flexibility index (Phi) is 12.1. The van der Waals surface area contributed by atoms with Gasteiger partial charge in [-0.25, -0.2) is 4.18 Å². The van der Waals surface area contributed by atoms with Crippen LogP contribution >= 0.6 is 0 Å². The van der Waals surface area contributed by atoms with Gasteiger partial charge in [-0.2, -0.15) is 8.42 Å². The molecule has 4 aliphatic rings. The van der Waals surface area contributed by atoms with Crippen molar-refractivity contribution in [2.75, 3.05) is 26.2 Å². The zero-order valence-corrected chi connectivity index (χ0v) is 28.2. The zero-order valence-electron chi connectivity index (χ0n) is 27.4. The van der Waals surface area contributed by atoms with Crippen LogP contribution in [0.2, 0.25) is 0 Å². The monoisotopic (exact) mass is 629 g/mol. The van der Waals surface area contributed by atoms with Crippen LogP contribution < -0.4 is 16.4 Å². The minimum absolute atomic E-state index is 0.00589. The Balaban J connectivity index is 1.32. The van der Waals surface area contributed by atoms with E-state index in [0.717, 1.165) is 84.0 Å². The van der Waals surface area contributed by atoms with Gasteiger partial charge in [-0.05, 0) is 145 Å². The first-order valence-electron chi connectivity index (χ1n) is 17.5. The fourth-order valence-corrected chi connectivity index (χ4v) is 10.9. The van der Waals surface area contributed by atoms with Crippen LogP contribution in [-0.2, 0) is 14.6 Å². The fourth-order valence-electron chi connectivity index (χ4n) is 10.3. The summed E-state index contributed by atoms with van der Waals surface area (Å²) in [6, 6.07) is 0.241. The van der Waals surface area contributed by atoms with E-state index in [-0.39, 0.29) is 22.8 Å². The van der Waals surface area contributed by atoms with E-state index in [0.29, 0.717) is 42.9 Å². The van der Waals surface area contributed by atoms with Gasteiger partial charge in [0.1, 0.15) is 0 Å². The second-order valence-corrected chi connectivity index (χ2v) is 16.6. The summed E-state index contributed by atoms with van der Waals surface area (Å²) in [6.45, 7) is 12.3. The Hall–Kier alpha value is -0.330. The van der Waals surface area contributed by atoms with Crippen molar-refractivity contribution in [3.8, 4) is 0 Å². The maximum absolute atomic E-state index is 12.2. The van der Waals surface area contributed by atoms with Gasteiger partial charge < -0.3 is 26.6 Å². The number of aliphatic hydroxyl groups excluding tert-OH is 1. The third kappa shape index (κ3) is 7.80. The van der Waals surface area contributed by atoms with Crippen molar-refractivity contribution in [2.24, 2.45) is 46.2 Å². The standard InChI is InChI=1S/C33H63N3O6S/c1-23(2)29(42-43(39,40)41)10-7-9-24-11-12-27-26-21-30(37)33(38)22-25(36-20-8-19-35-18-6-5-17-34)13-16-32(33,4)28(26)14-15-31(24,27)3/h23-30,35-38H,5-22,34H2,1-4H3,(H,39,40,41)/t24?,25?,26?,27?,28?,29?,30-,31?,32?,33-/m0/s1. The van der Waals surface area contributed by atoms with Crippen molar-refractivity contribution < 1.29 is 27.4 Å². The van der Waals surface area contributed by atoms with E-state index < -0.39 is 28.2 Å². The number of rotatable bonds is 16. The summed E-state index contributed by atoms with van der Waals surface area (Å²) in [6.07, 6.45) is 12.5.